The fourth-order valence-corrected chi connectivity index (χ4v) is 1.48. The van der Waals surface area contributed by atoms with E-state index >= 15 is 0 Å². The van der Waals surface area contributed by atoms with Gasteiger partial charge in [0.2, 0.25) is 0 Å². The maximum absolute atomic E-state index is 10.6. The van der Waals surface area contributed by atoms with Gasteiger partial charge < -0.3 is 31.4 Å². The SMILES string of the molecule is O=C(O)CN(CCN(CC(=O)O)CC(=O)O)CC(=O)O.[Mg+2].[OH-].[OH-]. The molecule has 130 valence electrons. The summed E-state index contributed by atoms with van der Waals surface area (Å²) in [4.78, 5) is 44.4. The first-order chi connectivity index (χ1) is 9.20. The van der Waals surface area contributed by atoms with Crippen molar-refractivity contribution in [3.63, 3.8) is 0 Å². The van der Waals surface area contributed by atoms with E-state index in [1.54, 1.807) is 0 Å². The van der Waals surface area contributed by atoms with Crippen molar-refractivity contribution in [3.8, 4) is 0 Å². The van der Waals surface area contributed by atoms with Gasteiger partial charge in [0, 0.05) is 13.1 Å². The normalized spacial score (nSPS) is 9.30. The maximum Gasteiger partial charge on any atom is 2.00 e. The van der Waals surface area contributed by atoms with E-state index in [1.165, 1.54) is 0 Å². The minimum absolute atomic E-state index is 0. The second-order valence-electron chi connectivity index (χ2n) is 4.00. The molecular formula is C10H18MgN2O10. The molecule has 6 N–H and O–H groups in total. The number of hydrogen-bond acceptors (Lipinski definition) is 8. The Morgan fingerprint density at radius 3 is 0.870 bits per heavy atom. The quantitative estimate of drug-likeness (QED) is 0.278. The molecule has 0 saturated carbocycles. The molecule has 23 heavy (non-hydrogen) atoms. The van der Waals surface area contributed by atoms with E-state index < -0.39 is 50.1 Å². The van der Waals surface area contributed by atoms with Gasteiger partial charge in [0.25, 0.3) is 0 Å². The van der Waals surface area contributed by atoms with Crippen molar-refractivity contribution in [2.24, 2.45) is 0 Å². The number of rotatable bonds is 11. The van der Waals surface area contributed by atoms with Crippen molar-refractivity contribution in [1.29, 1.82) is 0 Å². The molecule has 0 saturated heterocycles. The standard InChI is InChI=1S/C10H16N2O8.Mg.2H2O/c13-7(14)3-11(4-8(15)16)1-2-12(5-9(17)18)6-10(19)20;;;/h1-6H2,(H,13,14)(H,15,16)(H,17,18)(H,19,20);;2*1H2/q;+2;;/p-2. The summed E-state index contributed by atoms with van der Waals surface area (Å²) in [6, 6.07) is 0. The van der Waals surface area contributed by atoms with Gasteiger partial charge in [-0.15, -0.1) is 0 Å². The van der Waals surface area contributed by atoms with E-state index in [4.69, 9.17) is 20.4 Å². The second-order valence-corrected chi connectivity index (χ2v) is 4.00. The summed E-state index contributed by atoms with van der Waals surface area (Å²) >= 11 is 0. The van der Waals surface area contributed by atoms with Crippen LogP contribution in [0.3, 0.4) is 0 Å². The molecule has 0 aromatic heterocycles. The number of carboxylic acid groups (broad SMARTS) is 4. The minimum Gasteiger partial charge on any atom is -0.870 e. The number of nitrogens with zero attached hydrogens (tertiary/aromatic N) is 2. The Balaban J connectivity index is -0.000000602. The topological polar surface area (TPSA) is 216 Å². The third-order valence-corrected chi connectivity index (χ3v) is 2.17. The van der Waals surface area contributed by atoms with Crippen LogP contribution < -0.4 is 0 Å². The van der Waals surface area contributed by atoms with Crippen molar-refractivity contribution in [2.45, 2.75) is 0 Å². The Kier molecular flexibility index (Phi) is 19.7. The first kappa shape index (κ1) is 29.5. The van der Waals surface area contributed by atoms with E-state index in [0.29, 0.717) is 0 Å². The molecule has 0 atom stereocenters. The summed E-state index contributed by atoms with van der Waals surface area (Å²) in [5, 5.41) is 34.5. The maximum atomic E-state index is 10.6. The number of carbonyl (C=O) groups is 4. The van der Waals surface area contributed by atoms with Crippen molar-refractivity contribution in [3.05, 3.63) is 0 Å². The molecular weight excluding hydrogens is 332 g/mol. The van der Waals surface area contributed by atoms with Gasteiger partial charge in [0.05, 0.1) is 26.2 Å². The molecule has 0 aliphatic carbocycles. The molecule has 0 fully saturated rings. The van der Waals surface area contributed by atoms with Gasteiger partial charge in [0.1, 0.15) is 0 Å². The molecule has 12 nitrogen and oxygen atoms in total. The summed E-state index contributed by atoms with van der Waals surface area (Å²) in [6.45, 7) is -2.25. The van der Waals surface area contributed by atoms with E-state index in [9.17, 15) is 19.2 Å². The molecule has 0 unspecified atom stereocenters. The summed E-state index contributed by atoms with van der Waals surface area (Å²) in [6.07, 6.45) is 0. The van der Waals surface area contributed by atoms with Gasteiger partial charge in [-0.25, -0.2) is 0 Å². The van der Waals surface area contributed by atoms with Gasteiger partial charge in [-0.2, -0.15) is 0 Å². The molecule has 0 aromatic rings. The van der Waals surface area contributed by atoms with Crippen LogP contribution in [0, 0.1) is 0 Å². The Morgan fingerprint density at radius 1 is 0.565 bits per heavy atom. The van der Waals surface area contributed by atoms with Crippen LogP contribution in [-0.2, 0) is 19.2 Å². The van der Waals surface area contributed by atoms with Crippen LogP contribution in [0.4, 0.5) is 0 Å². The molecule has 0 bridgehead atoms. The number of hydrogen-bond donors (Lipinski definition) is 4. The molecule has 0 rings (SSSR count). The summed E-state index contributed by atoms with van der Waals surface area (Å²) in [7, 11) is 0. The summed E-state index contributed by atoms with van der Waals surface area (Å²) in [5.74, 6) is -4.91. The Labute approximate surface area is 147 Å². The zero-order valence-corrected chi connectivity index (χ0v) is 13.6. The molecule has 0 amide bonds. The van der Waals surface area contributed by atoms with Crippen molar-refractivity contribution in [2.75, 3.05) is 39.3 Å². The average molecular weight is 351 g/mol. The van der Waals surface area contributed by atoms with Crippen LogP contribution in [0.2, 0.25) is 0 Å². The molecule has 13 heteroatoms. The molecule has 0 aromatic carbocycles. The van der Waals surface area contributed by atoms with Crippen LogP contribution >= 0.6 is 0 Å². The van der Waals surface area contributed by atoms with Crippen molar-refractivity contribution < 1.29 is 50.6 Å². The molecule has 0 aliphatic heterocycles. The fourth-order valence-electron chi connectivity index (χ4n) is 1.48. The predicted octanol–water partition coefficient (Wildman–Crippen LogP) is -2.81. The van der Waals surface area contributed by atoms with Gasteiger partial charge in [-0.05, 0) is 0 Å². The number of aliphatic carboxylic acids is 4. The predicted molar refractivity (Wildman–Crippen MR) is 73.0 cm³/mol. The smallest absolute Gasteiger partial charge is 0.870 e. The van der Waals surface area contributed by atoms with E-state index in [1.807, 2.05) is 0 Å². The van der Waals surface area contributed by atoms with E-state index in [2.05, 4.69) is 0 Å². The number of carboxylic acids is 4. The first-order valence-electron chi connectivity index (χ1n) is 5.52. The van der Waals surface area contributed by atoms with E-state index in [-0.39, 0.29) is 47.1 Å². The summed E-state index contributed by atoms with van der Waals surface area (Å²) < 4.78 is 0. The van der Waals surface area contributed by atoms with Crippen LogP contribution in [0.5, 0.6) is 0 Å². The zero-order chi connectivity index (χ0) is 15.7. The fraction of sp³-hybridized carbons (Fsp3) is 0.600. The minimum atomic E-state index is -1.23. The van der Waals surface area contributed by atoms with Crippen LogP contribution in [0.1, 0.15) is 0 Å². The van der Waals surface area contributed by atoms with Gasteiger partial charge in [-0.1, -0.05) is 0 Å². The van der Waals surface area contributed by atoms with Crippen molar-refractivity contribution in [1.82, 2.24) is 9.80 Å². The average Bonchev–Trinajstić information content (AvgIpc) is 2.22. The summed E-state index contributed by atoms with van der Waals surface area (Å²) in [5.41, 5.74) is 0. The monoisotopic (exact) mass is 350 g/mol. The third-order valence-electron chi connectivity index (χ3n) is 2.17. The molecule has 0 spiro atoms. The van der Waals surface area contributed by atoms with Crippen LogP contribution in [0.15, 0.2) is 0 Å². The zero-order valence-electron chi connectivity index (χ0n) is 12.2. The molecule has 0 heterocycles. The Hall–Kier alpha value is -1.51. The third kappa shape index (κ3) is 18.4. The first-order valence-corrected chi connectivity index (χ1v) is 5.52. The second kappa shape index (κ2) is 15.4. The van der Waals surface area contributed by atoms with Gasteiger partial charge >= 0.3 is 46.9 Å². The van der Waals surface area contributed by atoms with Crippen LogP contribution in [-0.4, -0.2) is 127 Å². The van der Waals surface area contributed by atoms with Crippen LogP contribution in [0.25, 0.3) is 0 Å². The molecule has 0 radical (unpaired) electrons. The molecule has 0 aliphatic rings. The largest absolute Gasteiger partial charge is 2.00 e. The van der Waals surface area contributed by atoms with Crippen molar-refractivity contribution >= 4 is 46.9 Å². The van der Waals surface area contributed by atoms with Gasteiger partial charge in [0.15, 0.2) is 0 Å². The van der Waals surface area contributed by atoms with Gasteiger partial charge in [-0.3, -0.25) is 29.0 Å². The Morgan fingerprint density at radius 2 is 0.739 bits per heavy atom. The Bertz CT molecular complexity index is 324. The van der Waals surface area contributed by atoms with E-state index in [0.717, 1.165) is 9.80 Å².